The Morgan fingerprint density at radius 2 is 1.34 bits per heavy atom. The van der Waals surface area contributed by atoms with E-state index < -0.39 is 23.4 Å². The highest BCUT2D eigenvalue weighted by atomic mass is 19.2. The van der Waals surface area contributed by atoms with Crippen molar-refractivity contribution in [3.8, 4) is 39.5 Å². The van der Waals surface area contributed by atoms with Gasteiger partial charge in [-0.2, -0.15) is 0 Å². The van der Waals surface area contributed by atoms with Crippen LogP contribution in [0.15, 0.2) is 91.5 Å². The van der Waals surface area contributed by atoms with E-state index in [-0.39, 0.29) is 40.5 Å². The predicted octanol–water partition coefficient (Wildman–Crippen LogP) is 6.93. The van der Waals surface area contributed by atoms with Gasteiger partial charge in [0.1, 0.15) is 29.7 Å². The van der Waals surface area contributed by atoms with Crippen LogP contribution in [0.2, 0.25) is 0 Å². The zero-order valence-electron chi connectivity index (χ0n) is 18.3. The van der Waals surface area contributed by atoms with Crippen molar-refractivity contribution in [3.63, 3.8) is 0 Å². The molecule has 0 bridgehead atoms. The number of hydrogen-bond donors (Lipinski definition) is 1. The van der Waals surface area contributed by atoms with Crippen molar-refractivity contribution in [1.82, 2.24) is 0 Å². The fourth-order valence-corrected chi connectivity index (χ4v) is 3.41. The summed E-state index contributed by atoms with van der Waals surface area (Å²) in [5.41, 5.74) is 0.565. The van der Waals surface area contributed by atoms with Crippen molar-refractivity contribution in [1.29, 1.82) is 0 Å². The van der Waals surface area contributed by atoms with Gasteiger partial charge in [0.05, 0.1) is 5.56 Å². The van der Waals surface area contributed by atoms with Gasteiger partial charge in [-0.1, -0.05) is 49.1 Å². The molecule has 0 saturated carbocycles. The highest BCUT2D eigenvalue weighted by Gasteiger charge is 2.18. The second-order valence-corrected chi connectivity index (χ2v) is 7.49. The Morgan fingerprint density at radius 3 is 1.89 bits per heavy atom. The molecule has 0 aliphatic carbocycles. The Morgan fingerprint density at radius 1 is 0.800 bits per heavy atom. The van der Waals surface area contributed by atoms with Crippen molar-refractivity contribution in [3.05, 3.63) is 115 Å². The minimum absolute atomic E-state index is 0.0177. The summed E-state index contributed by atoms with van der Waals surface area (Å²) in [7, 11) is 0. The molecule has 0 aliphatic heterocycles. The van der Waals surface area contributed by atoms with Crippen LogP contribution < -0.4 is 9.47 Å². The maximum atomic E-state index is 14.8. The molecular weight excluding hydrogens is 457 g/mol. The van der Waals surface area contributed by atoms with E-state index in [1.165, 1.54) is 78.9 Å². The highest BCUT2D eigenvalue weighted by Crippen LogP contribution is 2.33. The maximum Gasteiger partial charge on any atom is 0.346 e. The maximum absolute atomic E-state index is 14.8. The van der Waals surface area contributed by atoms with Gasteiger partial charge >= 0.3 is 5.97 Å². The van der Waals surface area contributed by atoms with E-state index >= 15 is 0 Å². The molecule has 0 fully saturated rings. The Labute approximate surface area is 199 Å². The molecule has 0 radical (unpaired) electrons. The highest BCUT2D eigenvalue weighted by molar-refractivity contribution is 5.91. The lowest BCUT2D eigenvalue weighted by Crippen LogP contribution is -2.11. The minimum atomic E-state index is -1.04. The average Bonchev–Trinajstić information content (AvgIpc) is 2.85. The molecule has 0 unspecified atom stereocenters. The number of esters is 1. The van der Waals surface area contributed by atoms with Gasteiger partial charge in [0.15, 0.2) is 11.6 Å². The first-order valence-corrected chi connectivity index (χ1v) is 10.5. The number of hydrogen-bond acceptors (Lipinski definition) is 4. The average molecular weight is 476 g/mol. The standard InChI is InChI=1S/C28H19F3O4/c1-2-15-34-21-11-12-24(25(29)16-21)28(33)35-20-9-5-18(6-10-20)23-14-13-22(26(30)27(23)31)17-3-7-19(32)8-4-17/h2-14,16,32H,1,15H2. The minimum Gasteiger partial charge on any atom is -0.508 e. The topological polar surface area (TPSA) is 55.8 Å². The van der Waals surface area contributed by atoms with Gasteiger partial charge in [0, 0.05) is 17.2 Å². The Bertz CT molecular complexity index is 1380. The largest absolute Gasteiger partial charge is 0.508 e. The van der Waals surface area contributed by atoms with Gasteiger partial charge in [-0.3, -0.25) is 0 Å². The van der Waals surface area contributed by atoms with Crippen LogP contribution in [0.1, 0.15) is 10.4 Å². The molecular formula is C28H19F3O4. The van der Waals surface area contributed by atoms with Gasteiger partial charge in [-0.15, -0.1) is 0 Å². The molecule has 4 aromatic carbocycles. The number of ether oxygens (including phenoxy) is 2. The number of carbonyl (C=O) groups excluding carboxylic acids is 1. The predicted molar refractivity (Wildman–Crippen MR) is 126 cm³/mol. The number of phenolic OH excluding ortho intramolecular Hbond substituents is 1. The quantitative estimate of drug-likeness (QED) is 0.179. The van der Waals surface area contributed by atoms with Crippen LogP contribution in [0, 0.1) is 17.5 Å². The summed E-state index contributed by atoms with van der Waals surface area (Å²) in [4.78, 5) is 12.4. The van der Waals surface area contributed by atoms with Crippen LogP contribution >= 0.6 is 0 Å². The number of benzene rings is 4. The van der Waals surface area contributed by atoms with Crippen molar-refractivity contribution >= 4 is 5.97 Å². The van der Waals surface area contributed by atoms with Crippen molar-refractivity contribution in [2.24, 2.45) is 0 Å². The third kappa shape index (κ3) is 5.19. The molecule has 4 nitrogen and oxygen atoms in total. The van der Waals surface area contributed by atoms with E-state index in [1.54, 1.807) is 0 Å². The van der Waals surface area contributed by atoms with Crippen molar-refractivity contribution < 1.29 is 32.5 Å². The first-order valence-electron chi connectivity index (χ1n) is 10.5. The van der Waals surface area contributed by atoms with Gasteiger partial charge < -0.3 is 14.6 Å². The van der Waals surface area contributed by atoms with Gasteiger partial charge in [0.2, 0.25) is 0 Å². The van der Waals surface area contributed by atoms with Crippen molar-refractivity contribution in [2.45, 2.75) is 0 Å². The molecule has 0 aliphatic rings. The Hall–Kier alpha value is -4.52. The summed E-state index contributed by atoms with van der Waals surface area (Å²) in [6.07, 6.45) is 1.51. The third-order valence-electron chi connectivity index (χ3n) is 5.16. The van der Waals surface area contributed by atoms with Crippen LogP contribution in [0.3, 0.4) is 0 Å². The summed E-state index contributed by atoms with van der Waals surface area (Å²) >= 11 is 0. The van der Waals surface area contributed by atoms with Crippen LogP contribution in [-0.4, -0.2) is 17.7 Å². The lowest BCUT2D eigenvalue weighted by atomic mass is 9.98. The monoisotopic (exact) mass is 476 g/mol. The molecule has 4 rings (SSSR count). The fraction of sp³-hybridized carbons (Fsp3) is 0.0357. The van der Waals surface area contributed by atoms with Crippen LogP contribution in [0.4, 0.5) is 13.2 Å². The zero-order chi connectivity index (χ0) is 24.9. The first-order chi connectivity index (χ1) is 16.9. The molecule has 0 aromatic heterocycles. The van der Waals surface area contributed by atoms with Crippen LogP contribution in [-0.2, 0) is 0 Å². The molecule has 35 heavy (non-hydrogen) atoms. The molecule has 0 saturated heterocycles. The molecule has 0 heterocycles. The number of halogens is 3. The first kappa shape index (κ1) is 23.6. The molecule has 1 N–H and O–H groups in total. The lowest BCUT2D eigenvalue weighted by Gasteiger charge is -2.11. The molecule has 176 valence electrons. The summed E-state index contributed by atoms with van der Waals surface area (Å²) in [5.74, 6) is -3.42. The summed E-state index contributed by atoms with van der Waals surface area (Å²) < 4.78 is 54.3. The second-order valence-electron chi connectivity index (χ2n) is 7.49. The van der Waals surface area contributed by atoms with Gasteiger partial charge in [-0.05, 0) is 47.5 Å². The van der Waals surface area contributed by atoms with Gasteiger partial charge in [0.25, 0.3) is 0 Å². The number of rotatable bonds is 7. The smallest absolute Gasteiger partial charge is 0.346 e. The number of phenols is 1. The number of carbonyl (C=O) groups is 1. The molecule has 7 heteroatoms. The second kappa shape index (κ2) is 10.2. The number of aromatic hydroxyl groups is 1. The SMILES string of the molecule is C=CCOc1ccc(C(=O)Oc2ccc(-c3ccc(-c4ccc(O)cc4)c(F)c3F)cc2)c(F)c1. The summed E-state index contributed by atoms with van der Waals surface area (Å²) in [5, 5.41) is 9.39. The lowest BCUT2D eigenvalue weighted by molar-refractivity contribution is 0.0730. The van der Waals surface area contributed by atoms with E-state index in [0.717, 1.165) is 6.07 Å². The molecule has 4 aromatic rings. The van der Waals surface area contributed by atoms with E-state index in [4.69, 9.17) is 9.47 Å². The zero-order valence-corrected chi connectivity index (χ0v) is 18.3. The van der Waals surface area contributed by atoms with Crippen molar-refractivity contribution in [2.75, 3.05) is 6.61 Å². The van der Waals surface area contributed by atoms with E-state index in [9.17, 15) is 23.1 Å². The van der Waals surface area contributed by atoms with Gasteiger partial charge in [-0.25, -0.2) is 18.0 Å². The van der Waals surface area contributed by atoms with Crippen LogP contribution in [0.25, 0.3) is 22.3 Å². The third-order valence-corrected chi connectivity index (χ3v) is 5.16. The Balaban J connectivity index is 1.51. The summed E-state index contributed by atoms with van der Waals surface area (Å²) in [6.45, 7) is 3.70. The molecule has 0 atom stereocenters. The normalized spacial score (nSPS) is 10.6. The van der Waals surface area contributed by atoms with E-state index in [1.807, 2.05) is 0 Å². The molecule has 0 amide bonds. The Kier molecular flexibility index (Phi) is 6.87. The van der Waals surface area contributed by atoms with E-state index in [2.05, 4.69) is 6.58 Å². The molecule has 0 spiro atoms. The van der Waals surface area contributed by atoms with Crippen LogP contribution in [0.5, 0.6) is 17.2 Å². The fourth-order valence-electron chi connectivity index (χ4n) is 3.41. The van der Waals surface area contributed by atoms with E-state index in [0.29, 0.717) is 11.1 Å². The summed E-state index contributed by atoms with van der Waals surface area (Å²) in [6, 6.07) is 18.1.